The second-order valence-electron chi connectivity index (χ2n) is 7.25. The number of carbonyl (C=O) groups excluding carboxylic acids is 1. The molecule has 2 heterocycles. The van der Waals surface area contributed by atoms with Gasteiger partial charge in [0.15, 0.2) is 17.8 Å². The molecule has 3 rings (SSSR count). The van der Waals surface area contributed by atoms with E-state index in [2.05, 4.69) is 25.8 Å². The van der Waals surface area contributed by atoms with Gasteiger partial charge in [-0.05, 0) is 26.7 Å². The lowest BCUT2D eigenvalue weighted by atomic mass is 9.89. The number of hydrogen-bond donors (Lipinski definition) is 1. The lowest BCUT2D eigenvalue weighted by Crippen LogP contribution is -2.46. The van der Waals surface area contributed by atoms with Crippen molar-refractivity contribution in [2.75, 3.05) is 13.2 Å². The Kier molecular flexibility index (Phi) is 7.32. The summed E-state index contributed by atoms with van der Waals surface area (Å²) >= 11 is 0. The Labute approximate surface area is 170 Å². The third-order valence-electron chi connectivity index (χ3n) is 5.08. The lowest BCUT2D eigenvalue weighted by Gasteiger charge is -2.30. The van der Waals surface area contributed by atoms with Crippen LogP contribution in [0.5, 0.6) is 0 Å². The van der Waals surface area contributed by atoms with E-state index < -0.39 is 11.8 Å². The number of amides is 1. The number of nitrogens with zero attached hydrogens (tertiary/aromatic N) is 5. The largest absolute Gasteiger partial charge is 0.351 e. The first-order chi connectivity index (χ1) is 14.1. The van der Waals surface area contributed by atoms with E-state index in [0.717, 1.165) is 38.5 Å². The summed E-state index contributed by atoms with van der Waals surface area (Å²) in [6.07, 6.45) is 6.94. The Morgan fingerprint density at radius 1 is 1.24 bits per heavy atom. The maximum Gasteiger partial charge on any atom is 0.274 e. The van der Waals surface area contributed by atoms with E-state index in [9.17, 15) is 4.79 Å². The van der Waals surface area contributed by atoms with Gasteiger partial charge in [0.05, 0.1) is 12.7 Å². The average molecular weight is 406 g/mol. The van der Waals surface area contributed by atoms with Gasteiger partial charge in [0, 0.05) is 20.1 Å². The van der Waals surface area contributed by atoms with Gasteiger partial charge in [-0.25, -0.2) is 4.68 Å². The second kappa shape index (κ2) is 9.93. The van der Waals surface area contributed by atoms with Crippen LogP contribution in [0.15, 0.2) is 10.7 Å². The summed E-state index contributed by atoms with van der Waals surface area (Å²) in [5, 5.41) is 15.3. The van der Waals surface area contributed by atoms with E-state index in [-0.39, 0.29) is 11.6 Å². The van der Waals surface area contributed by atoms with Crippen LogP contribution >= 0.6 is 0 Å². The first-order valence-corrected chi connectivity index (χ1v) is 10.3. The van der Waals surface area contributed by atoms with Gasteiger partial charge in [0.1, 0.15) is 5.54 Å². The van der Waals surface area contributed by atoms with Gasteiger partial charge >= 0.3 is 0 Å². The summed E-state index contributed by atoms with van der Waals surface area (Å²) in [6.45, 7) is 6.97. The van der Waals surface area contributed by atoms with Gasteiger partial charge < -0.3 is 19.3 Å². The fraction of sp³-hybridized carbons (Fsp3) is 0.737. The minimum absolute atomic E-state index is 0.237. The fourth-order valence-corrected chi connectivity index (χ4v) is 3.68. The van der Waals surface area contributed by atoms with Crippen molar-refractivity contribution >= 4 is 5.91 Å². The first kappa shape index (κ1) is 21.4. The molecule has 0 saturated heterocycles. The normalized spacial score (nSPS) is 16.7. The highest BCUT2D eigenvalue weighted by Crippen LogP contribution is 2.34. The molecule has 2 aromatic heterocycles. The zero-order valence-corrected chi connectivity index (χ0v) is 17.4. The quantitative estimate of drug-likeness (QED) is 0.498. The molecule has 0 atom stereocenters. The van der Waals surface area contributed by atoms with Crippen LogP contribution in [0.3, 0.4) is 0 Å². The van der Waals surface area contributed by atoms with E-state index in [1.807, 2.05) is 13.8 Å². The molecule has 0 bridgehead atoms. The zero-order valence-electron chi connectivity index (χ0n) is 17.4. The Morgan fingerprint density at radius 3 is 2.52 bits per heavy atom. The number of rotatable bonds is 9. The van der Waals surface area contributed by atoms with Crippen molar-refractivity contribution in [3.05, 3.63) is 23.6 Å². The van der Waals surface area contributed by atoms with Crippen LogP contribution < -0.4 is 5.32 Å². The van der Waals surface area contributed by atoms with Crippen LogP contribution in [0.25, 0.3) is 0 Å². The minimum Gasteiger partial charge on any atom is -0.351 e. The molecule has 0 spiro atoms. The molecule has 0 radical (unpaired) electrons. The minimum atomic E-state index is -0.645. The van der Waals surface area contributed by atoms with E-state index in [0.29, 0.717) is 31.5 Å². The molecule has 1 N–H and O–H groups in total. The molecule has 10 heteroatoms. The fourth-order valence-electron chi connectivity index (χ4n) is 3.68. The monoisotopic (exact) mass is 406 g/mol. The molecule has 1 saturated carbocycles. The Morgan fingerprint density at radius 2 is 1.93 bits per heavy atom. The van der Waals surface area contributed by atoms with Crippen molar-refractivity contribution < 1.29 is 18.8 Å². The standard InChI is InChI=1S/C19H30N6O4/c1-4-27-16(28-5-2)13-25-12-15(22-24-25)17(26)21-19(10-8-6-7-9-11-19)18-20-14(3)29-23-18/h12,16H,4-11,13H2,1-3H3,(H,21,26). The SMILES string of the molecule is CCOC(Cn1cc(C(=O)NC2(c3noc(C)n3)CCCCCC2)nn1)OCC. The predicted octanol–water partition coefficient (Wildman–Crippen LogP) is 2.35. The number of nitrogens with one attached hydrogen (secondary N) is 1. The number of aromatic nitrogens is 5. The topological polar surface area (TPSA) is 117 Å². The summed E-state index contributed by atoms with van der Waals surface area (Å²) in [6, 6.07) is 0. The predicted molar refractivity (Wildman–Crippen MR) is 103 cm³/mol. The number of ether oxygens (including phenoxy) is 2. The second-order valence-corrected chi connectivity index (χ2v) is 7.25. The zero-order chi connectivity index (χ0) is 20.7. The van der Waals surface area contributed by atoms with Gasteiger partial charge in [-0.1, -0.05) is 36.1 Å². The molecule has 1 aliphatic rings. The van der Waals surface area contributed by atoms with E-state index in [1.54, 1.807) is 17.8 Å². The van der Waals surface area contributed by atoms with Crippen molar-refractivity contribution in [1.82, 2.24) is 30.5 Å². The number of carbonyl (C=O) groups is 1. The van der Waals surface area contributed by atoms with Crippen LogP contribution in [0.2, 0.25) is 0 Å². The summed E-state index contributed by atoms with van der Waals surface area (Å²) in [4.78, 5) is 17.4. The maximum atomic E-state index is 13.0. The van der Waals surface area contributed by atoms with Crippen LogP contribution in [0, 0.1) is 6.92 Å². The molecule has 10 nitrogen and oxygen atoms in total. The highest BCUT2D eigenvalue weighted by Gasteiger charge is 2.39. The summed E-state index contributed by atoms with van der Waals surface area (Å²) in [7, 11) is 0. The Bertz CT molecular complexity index is 775. The number of hydrogen-bond acceptors (Lipinski definition) is 8. The van der Waals surface area contributed by atoms with Crippen LogP contribution in [0.4, 0.5) is 0 Å². The van der Waals surface area contributed by atoms with E-state index in [4.69, 9.17) is 14.0 Å². The van der Waals surface area contributed by atoms with Crippen molar-refractivity contribution in [1.29, 1.82) is 0 Å². The lowest BCUT2D eigenvalue weighted by molar-refractivity contribution is -0.145. The van der Waals surface area contributed by atoms with Gasteiger partial charge in [-0.2, -0.15) is 4.98 Å². The summed E-state index contributed by atoms with van der Waals surface area (Å²) in [5.74, 6) is 0.720. The average Bonchev–Trinajstić information content (AvgIpc) is 3.28. The molecule has 1 aliphatic carbocycles. The van der Waals surface area contributed by atoms with E-state index >= 15 is 0 Å². The van der Waals surface area contributed by atoms with Crippen molar-refractivity contribution in [2.45, 2.75) is 77.7 Å². The van der Waals surface area contributed by atoms with Crippen molar-refractivity contribution in [2.24, 2.45) is 0 Å². The molecular weight excluding hydrogens is 376 g/mol. The molecule has 1 amide bonds. The number of aryl methyl sites for hydroxylation is 1. The van der Waals surface area contributed by atoms with Crippen molar-refractivity contribution in [3.8, 4) is 0 Å². The molecule has 0 aromatic carbocycles. The highest BCUT2D eigenvalue weighted by molar-refractivity contribution is 5.92. The molecule has 0 unspecified atom stereocenters. The third kappa shape index (κ3) is 5.39. The first-order valence-electron chi connectivity index (χ1n) is 10.3. The molecule has 1 fully saturated rings. The van der Waals surface area contributed by atoms with E-state index in [1.165, 1.54) is 0 Å². The van der Waals surface area contributed by atoms with Crippen LogP contribution in [-0.2, 0) is 21.6 Å². The molecule has 0 aliphatic heterocycles. The molecule has 2 aromatic rings. The smallest absolute Gasteiger partial charge is 0.274 e. The van der Waals surface area contributed by atoms with Gasteiger partial charge in [0.25, 0.3) is 5.91 Å². The van der Waals surface area contributed by atoms with Gasteiger partial charge in [-0.3, -0.25) is 4.79 Å². The summed E-state index contributed by atoms with van der Waals surface area (Å²) in [5.41, 5.74) is -0.408. The molecular formula is C19H30N6O4. The van der Waals surface area contributed by atoms with Crippen LogP contribution in [-0.4, -0.2) is 50.5 Å². The third-order valence-corrected chi connectivity index (χ3v) is 5.08. The van der Waals surface area contributed by atoms with Crippen LogP contribution in [0.1, 0.15) is 74.6 Å². The Hall–Kier alpha value is -2.33. The molecule has 160 valence electrons. The summed E-state index contributed by atoms with van der Waals surface area (Å²) < 4.78 is 17.8. The maximum absolute atomic E-state index is 13.0. The van der Waals surface area contributed by atoms with Crippen molar-refractivity contribution in [3.63, 3.8) is 0 Å². The van der Waals surface area contributed by atoms with Gasteiger partial charge in [-0.15, -0.1) is 5.10 Å². The Balaban J connectivity index is 1.74. The van der Waals surface area contributed by atoms with Gasteiger partial charge in [0.2, 0.25) is 5.89 Å². The highest BCUT2D eigenvalue weighted by atomic mass is 16.7. The molecule has 29 heavy (non-hydrogen) atoms.